The van der Waals surface area contributed by atoms with Gasteiger partial charge in [-0.05, 0) is 12.1 Å². The summed E-state index contributed by atoms with van der Waals surface area (Å²) in [7, 11) is 0. The lowest BCUT2D eigenvalue weighted by Crippen LogP contribution is -2.06. The van der Waals surface area contributed by atoms with Crippen molar-refractivity contribution in [3.05, 3.63) is 35.7 Å². The van der Waals surface area contributed by atoms with Crippen molar-refractivity contribution in [2.45, 2.75) is 0 Å². The molecule has 0 aliphatic rings. The quantitative estimate of drug-likeness (QED) is 0.818. The lowest BCUT2D eigenvalue weighted by atomic mass is 10.1. The lowest BCUT2D eigenvalue weighted by molar-refractivity contribution is 0.0619. The number of aromatic nitrogens is 2. The van der Waals surface area contributed by atoms with Gasteiger partial charge in [-0.25, -0.2) is 9.59 Å². The van der Waals surface area contributed by atoms with Crippen LogP contribution >= 0.6 is 0 Å². The fourth-order valence-electron chi connectivity index (χ4n) is 1.31. The van der Waals surface area contributed by atoms with E-state index in [1.165, 1.54) is 12.3 Å². The van der Waals surface area contributed by atoms with Gasteiger partial charge < -0.3 is 14.7 Å². The van der Waals surface area contributed by atoms with Crippen LogP contribution in [0.1, 0.15) is 20.9 Å². The SMILES string of the molecule is O=C(O)c1onc(-c2ccccn2)c1C(=O)O. The molecule has 2 rings (SSSR count). The van der Waals surface area contributed by atoms with E-state index in [1.807, 2.05) is 0 Å². The molecule has 0 saturated heterocycles. The number of hydrogen-bond acceptors (Lipinski definition) is 5. The smallest absolute Gasteiger partial charge is 0.375 e. The first-order valence-corrected chi connectivity index (χ1v) is 4.49. The van der Waals surface area contributed by atoms with E-state index < -0.39 is 23.3 Å². The molecule has 0 saturated carbocycles. The number of nitrogens with zero attached hydrogens (tertiary/aromatic N) is 2. The van der Waals surface area contributed by atoms with Gasteiger partial charge in [0.05, 0.1) is 5.69 Å². The third-order valence-electron chi connectivity index (χ3n) is 2.01. The van der Waals surface area contributed by atoms with Crippen LogP contribution < -0.4 is 0 Å². The first-order valence-electron chi connectivity index (χ1n) is 4.49. The number of pyridine rings is 1. The van der Waals surface area contributed by atoms with E-state index >= 15 is 0 Å². The Bertz CT molecular complexity index is 576. The van der Waals surface area contributed by atoms with Crippen LogP contribution in [0.25, 0.3) is 11.4 Å². The highest BCUT2D eigenvalue weighted by Crippen LogP contribution is 2.23. The van der Waals surface area contributed by atoms with E-state index in [4.69, 9.17) is 10.2 Å². The Morgan fingerprint density at radius 2 is 1.94 bits per heavy atom. The number of carboxylic acid groups (broad SMARTS) is 2. The minimum atomic E-state index is -1.49. The molecule has 2 N–H and O–H groups in total. The van der Waals surface area contributed by atoms with Crippen molar-refractivity contribution in [3.8, 4) is 11.4 Å². The first kappa shape index (κ1) is 10.8. The lowest BCUT2D eigenvalue weighted by Gasteiger charge is -1.95. The molecule has 86 valence electrons. The Hall–Kier alpha value is -2.70. The number of carbonyl (C=O) groups is 2. The minimum Gasteiger partial charge on any atom is -0.477 e. The van der Waals surface area contributed by atoms with Crippen molar-refractivity contribution >= 4 is 11.9 Å². The Kier molecular flexibility index (Phi) is 2.57. The Balaban J connectivity index is 2.64. The molecule has 0 bridgehead atoms. The topological polar surface area (TPSA) is 114 Å². The van der Waals surface area contributed by atoms with Crippen LogP contribution in [0.15, 0.2) is 28.9 Å². The summed E-state index contributed by atoms with van der Waals surface area (Å²) in [5.74, 6) is -3.63. The summed E-state index contributed by atoms with van der Waals surface area (Å²) >= 11 is 0. The molecule has 17 heavy (non-hydrogen) atoms. The van der Waals surface area contributed by atoms with E-state index in [9.17, 15) is 9.59 Å². The predicted octanol–water partition coefficient (Wildman–Crippen LogP) is 1.13. The normalized spacial score (nSPS) is 10.1. The standard InChI is InChI=1S/C10H6N2O5/c13-9(14)6-7(5-3-1-2-4-11-5)12-17-8(6)10(15)16/h1-4H,(H,13,14)(H,15,16). The Labute approximate surface area is 94.3 Å². The van der Waals surface area contributed by atoms with Gasteiger partial charge in [-0.1, -0.05) is 11.2 Å². The number of rotatable bonds is 3. The van der Waals surface area contributed by atoms with Crippen LogP contribution in [0.2, 0.25) is 0 Å². The molecule has 0 aliphatic heterocycles. The molecule has 7 heteroatoms. The Morgan fingerprint density at radius 1 is 1.18 bits per heavy atom. The second-order valence-corrected chi connectivity index (χ2v) is 3.06. The minimum absolute atomic E-state index is 0.101. The molecule has 0 aliphatic carbocycles. The molecule has 0 atom stereocenters. The molecule has 0 aromatic carbocycles. The van der Waals surface area contributed by atoms with Gasteiger partial charge in [0.2, 0.25) is 0 Å². The van der Waals surface area contributed by atoms with E-state index in [0.717, 1.165) is 0 Å². The molecule has 2 aromatic heterocycles. The first-order chi connectivity index (χ1) is 8.11. The van der Waals surface area contributed by atoms with E-state index in [1.54, 1.807) is 12.1 Å². The molecule has 0 spiro atoms. The van der Waals surface area contributed by atoms with Gasteiger partial charge in [0.25, 0.3) is 5.76 Å². The van der Waals surface area contributed by atoms with Crippen LogP contribution in [0.4, 0.5) is 0 Å². The van der Waals surface area contributed by atoms with Crippen LogP contribution in [-0.2, 0) is 0 Å². The fraction of sp³-hybridized carbons (Fsp3) is 0. The zero-order valence-corrected chi connectivity index (χ0v) is 8.32. The zero-order valence-electron chi connectivity index (χ0n) is 8.32. The van der Waals surface area contributed by atoms with Gasteiger partial charge in [-0.15, -0.1) is 0 Å². The predicted molar refractivity (Wildman–Crippen MR) is 53.7 cm³/mol. The molecule has 0 fully saturated rings. The Morgan fingerprint density at radius 3 is 2.47 bits per heavy atom. The summed E-state index contributed by atoms with van der Waals surface area (Å²) in [5.41, 5.74) is -0.368. The summed E-state index contributed by atoms with van der Waals surface area (Å²) in [5, 5.41) is 21.1. The molecule has 0 unspecified atom stereocenters. The molecular formula is C10H6N2O5. The molecule has 0 amide bonds. The van der Waals surface area contributed by atoms with Gasteiger partial charge in [0.1, 0.15) is 11.3 Å². The summed E-state index contributed by atoms with van der Waals surface area (Å²) < 4.78 is 4.50. The van der Waals surface area contributed by atoms with Gasteiger partial charge in [0, 0.05) is 6.20 Å². The number of hydrogen-bond donors (Lipinski definition) is 2. The molecule has 2 heterocycles. The third kappa shape index (κ3) is 1.85. The van der Waals surface area contributed by atoms with Gasteiger partial charge in [-0.2, -0.15) is 0 Å². The van der Waals surface area contributed by atoms with Crippen LogP contribution in [0.3, 0.4) is 0 Å². The molecule has 2 aromatic rings. The van der Waals surface area contributed by atoms with Crippen molar-refractivity contribution < 1.29 is 24.3 Å². The van der Waals surface area contributed by atoms with Crippen molar-refractivity contribution in [1.82, 2.24) is 10.1 Å². The zero-order chi connectivity index (χ0) is 12.4. The highest BCUT2D eigenvalue weighted by molar-refractivity contribution is 6.03. The van der Waals surface area contributed by atoms with Gasteiger partial charge in [-0.3, -0.25) is 4.98 Å². The van der Waals surface area contributed by atoms with Crippen LogP contribution in [0.5, 0.6) is 0 Å². The maximum atomic E-state index is 11.0. The molecule has 7 nitrogen and oxygen atoms in total. The monoisotopic (exact) mass is 234 g/mol. The second kappa shape index (κ2) is 4.05. The van der Waals surface area contributed by atoms with E-state index in [0.29, 0.717) is 0 Å². The summed E-state index contributed by atoms with van der Waals surface area (Å²) in [4.78, 5) is 25.6. The van der Waals surface area contributed by atoms with Crippen molar-refractivity contribution in [2.75, 3.05) is 0 Å². The molecular weight excluding hydrogens is 228 g/mol. The van der Waals surface area contributed by atoms with Crippen molar-refractivity contribution in [3.63, 3.8) is 0 Å². The third-order valence-corrected chi connectivity index (χ3v) is 2.01. The highest BCUT2D eigenvalue weighted by atomic mass is 16.5. The summed E-state index contributed by atoms with van der Waals surface area (Å²) in [6, 6.07) is 4.78. The summed E-state index contributed by atoms with van der Waals surface area (Å²) in [6.07, 6.45) is 1.44. The average molecular weight is 234 g/mol. The van der Waals surface area contributed by atoms with Crippen LogP contribution in [-0.4, -0.2) is 32.3 Å². The largest absolute Gasteiger partial charge is 0.477 e. The highest BCUT2D eigenvalue weighted by Gasteiger charge is 2.28. The van der Waals surface area contributed by atoms with E-state index in [-0.39, 0.29) is 11.4 Å². The van der Waals surface area contributed by atoms with Gasteiger partial charge >= 0.3 is 11.9 Å². The van der Waals surface area contributed by atoms with Crippen molar-refractivity contribution in [2.24, 2.45) is 0 Å². The molecule has 0 radical (unpaired) electrons. The van der Waals surface area contributed by atoms with Crippen LogP contribution in [0, 0.1) is 0 Å². The number of aromatic carboxylic acids is 2. The maximum Gasteiger partial charge on any atom is 0.375 e. The average Bonchev–Trinajstić information content (AvgIpc) is 2.74. The number of carboxylic acids is 2. The van der Waals surface area contributed by atoms with Crippen molar-refractivity contribution in [1.29, 1.82) is 0 Å². The fourth-order valence-corrected chi connectivity index (χ4v) is 1.31. The maximum absolute atomic E-state index is 11.0. The van der Waals surface area contributed by atoms with E-state index in [2.05, 4.69) is 14.7 Å². The van der Waals surface area contributed by atoms with Gasteiger partial charge in [0.15, 0.2) is 0 Å². The summed E-state index contributed by atoms with van der Waals surface area (Å²) in [6.45, 7) is 0. The second-order valence-electron chi connectivity index (χ2n) is 3.06.